The highest BCUT2D eigenvalue weighted by atomic mass is 35.5. The minimum absolute atomic E-state index is 0.0536. The summed E-state index contributed by atoms with van der Waals surface area (Å²) in [4.78, 5) is 33.8. The number of carbonyl (C=O) groups excluding carboxylic acids is 1. The second-order valence-electron chi connectivity index (χ2n) is 6.55. The Morgan fingerprint density at radius 1 is 0.938 bits per heavy atom. The van der Waals surface area contributed by atoms with Gasteiger partial charge in [0.2, 0.25) is 5.75 Å². The Bertz CT molecular complexity index is 1230. The van der Waals surface area contributed by atoms with Crippen molar-refractivity contribution in [3.05, 3.63) is 91.0 Å². The number of halogens is 1. The Morgan fingerprint density at radius 2 is 1.66 bits per heavy atom. The van der Waals surface area contributed by atoms with Crippen LogP contribution in [0.2, 0.25) is 5.02 Å². The topological polar surface area (TPSA) is 134 Å². The highest BCUT2D eigenvalue weighted by molar-refractivity contribution is 6.30. The SMILES string of the molecule is COc1cc(C(=O)Nc2cc([N+](=O)[O-])ccc2C)ccc1Oc1ccc(Cl)cc1[N+](=O)[O-]. The lowest BCUT2D eigenvalue weighted by molar-refractivity contribution is -0.385. The molecule has 164 valence electrons. The standard InChI is InChI=1S/C21H16ClN3O7/c1-12-3-6-15(24(27)28)11-16(12)23-21(26)13-4-7-19(20(9-13)31-2)32-18-8-5-14(22)10-17(18)25(29)30/h3-11H,1-2H3,(H,23,26). The second-order valence-corrected chi connectivity index (χ2v) is 6.98. The van der Waals surface area contributed by atoms with E-state index in [1.165, 1.54) is 55.6 Å². The average Bonchev–Trinajstić information content (AvgIpc) is 2.76. The van der Waals surface area contributed by atoms with Crippen molar-refractivity contribution in [1.29, 1.82) is 0 Å². The number of nitrogens with zero attached hydrogens (tertiary/aromatic N) is 2. The summed E-state index contributed by atoms with van der Waals surface area (Å²) in [6.07, 6.45) is 0. The minimum atomic E-state index is -0.628. The summed E-state index contributed by atoms with van der Waals surface area (Å²) >= 11 is 5.82. The lowest BCUT2D eigenvalue weighted by atomic mass is 10.1. The predicted molar refractivity (Wildman–Crippen MR) is 117 cm³/mol. The zero-order valence-corrected chi connectivity index (χ0v) is 17.6. The Morgan fingerprint density at radius 3 is 2.31 bits per heavy atom. The first-order valence-corrected chi connectivity index (χ1v) is 9.43. The van der Waals surface area contributed by atoms with E-state index >= 15 is 0 Å². The fraction of sp³-hybridized carbons (Fsp3) is 0.0952. The van der Waals surface area contributed by atoms with Crippen molar-refractivity contribution in [3.63, 3.8) is 0 Å². The summed E-state index contributed by atoms with van der Waals surface area (Å²) < 4.78 is 10.9. The maximum atomic E-state index is 12.7. The van der Waals surface area contributed by atoms with Crippen molar-refractivity contribution >= 4 is 34.6 Å². The molecular weight excluding hydrogens is 442 g/mol. The molecule has 0 aromatic heterocycles. The van der Waals surface area contributed by atoms with E-state index in [2.05, 4.69) is 5.32 Å². The predicted octanol–water partition coefficient (Wildman–Crippen LogP) is 5.52. The van der Waals surface area contributed by atoms with Gasteiger partial charge in [0, 0.05) is 28.8 Å². The highest BCUT2D eigenvalue weighted by Gasteiger charge is 2.19. The van der Waals surface area contributed by atoms with E-state index in [0.29, 0.717) is 11.3 Å². The molecule has 1 N–H and O–H groups in total. The molecule has 0 bridgehead atoms. The summed E-state index contributed by atoms with van der Waals surface area (Å²) in [6.45, 7) is 1.70. The Labute approximate surface area is 186 Å². The van der Waals surface area contributed by atoms with Crippen molar-refractivity contribution in [2.75, 3.05) is 12.4 Å². The number of nitro groups is 2. The van der Waals surface area contributed by atoms with Gasteiger partial charge in [-0.1, -0.05) is 17.7 Å². The van der Waals surface area contributed by atoms with Crippen LogP contribution in [-0.4, -0.2) is 22.9 Å². The van der Waals surface area contributed by atoms with E-state index in [9.17, 15) is 25.0 Å². The first-order chi connectivity index (χ1) is 15.2. The maximum Gasteiger partial charge on any atom is 0.313 e. The Hall–Kier alpha value is -4.18. The number of methoxy groups -OCH3 is 1. The van der Waals surface area contributed by atoms with Crippen LogP contribution in [0.15, 0.2) is 54.6 Å². The van der Waals surface area contributed by atoms with Crippen molar-refractivity contribution in [3.8, 4) is 17.2 Å². The number of hydrogen-bond donors (Lipinski definition) is 1. The molecule has 11 heteroatoms. The average molecular weight is 458 g/mol. The third-order valence-corrected chi connectivity index (χ3v) is 4.68. The Kier molecular flexibility index (Phi) is 6.55. The summed E-state index contributed by atoms with van der Waals surface area (Å²) in [6, 6.07) is 12.3. The molecule has 0 aliphatic heterocycles. The van der Waals surface area contributed by atoms with Crippen LogP contribution in [-0.2, 0) is 0 Å². The molecule has 0 saturated heterocycles. The number of anilines is 1. The number of non-ortho nitro benzene ring substituents is 1. The smallest absolute Gasteiger partial charge is 0.313 e. The highest BCUT2D eigenvalue weighted by Crippen LogP contribution is 2.38. The maximum absolute atomic E-state index is 12.7. The molecule has 0 atom stereocenters. The number of benzene rings is 3. The molecule has 0 heterocycles. The molecule has 3 aromatic carbocycles. The number of hydrogen-bond acceptors (Lipinski definition) is 7. The van der Waals surface area contributed by atoms with Gasteiger partial charge in [-0.05, 0) is 42.8 Å². The molecule has 3 rings (SSSR count). The molecule has 0 saturated carbocycles. The van der Waals surface area contributed by atoms with Crippen LogP contribution in [0.5, 0.6) is 17.2 Å². The molecular formula is C21H16ClN3O7. The third kappa shape index (κ3) is 4.93. The van der Waals surface area contributed by atoms with Crippen molar-refractivity contribution in [2.45, 2.75) is 6.92 Å². The summed E-state index contributed by atoms with van der Waals surface area (Å²) in [5.41, 5.74) is 0.635. The van der Waals surface area contributed by atoms with E-state index in [1.807, 2.05) is 0 Å². The van der Waals surface area contributed by atoms with Crippen LogP contribution in [0.25, 0.3) is 0 Å². The van der Waals surface area contributed by atoms with Crippen LogP contribution in [0.1, 0.15) is 15.9 Å². The molecule has 0 aliphatic carbocycles. The van der Waals surface area contributed by atoms with Gasteiger partial charge in [-0.15, -0.1) is 0 Å². The normalized spacial score (nSPS) is 10.3. The molecule has 1 amide bonds. The lowest BCUT2D eigenvalue weighted by Crippen LogP contribution is -2.13. The van der Waals surface area contributed by atoms with Gasteiger partial charge in [-0.2, -0.15) is 0 Å². The van der Waals surface area contributed by atoms with Gasteiger partial charge in [0.15, 0.2) is 11.5 Å². The van der Waals surface area contributed by atoms with Gasteiger partial charge in [-0.3, -0.25) is 25.0 Å². The molecule has 32 heavy (non-hydrogen) atoms. The van der Waals surface area contributed by atoms with Crippen LogP contribution in [0, 0.1) is 27.2 Å². The first kappa shape index (κ1) is 22.5. The molecule has 0 unspecified atom stereocenters. The largest absolute Gasteiger partial charge is 0.493 e. The van der Waals surface area contributed by atoms with Crippen LogP contribution >= 0.6 is 11.6 Å². The van der Waals surface area contributed by atoms with Gasteiger partial charge in [0.05, 0.1) is 22.6 Å². The van der Waals surface area contributed by atoms with E-state index in [0.717, 1.165) is 6.07 Å². The molecule has 0 spiro atoms. The lowest BCUT2D eigenvalue weighted by Gasteiger charge is -2.13. The Balaban J connectivity index is 1.88. The van der Waals surface area contributed by atoms with E-state index < -0.39 is 15.8 Å². The molecule has 0 radical (unpaired) electrons. The zero-order chi connectivity index (χ0) is 23.4. The summed E-state index contributed by atoms with van der Waals surface area (Å²) in [5.74, 6) is -0.295. The number of aryl methyl sites for hydroxylation is 1. The van der Waals surface area contributed by atoms with E-state index in [1.54, 1.807) is 6.92 Å². The fourth-order valence-corrected chi connectivity index (χ4v) is 2.95. The van der Waals surface area contributed by atoms with E-state index in [-0.39, 0.29) is 39.2 Å². The quantitative estimate of drug-likeness (QED) is 0.364. The summed E-state index contributed by atoms with van der Waals surface area (Å²) in [5, 5.41) is 25.1. The molecule has 0 fully saturated rings. The number of rotatable bonds is 7. The molecule has 10 nitrogen and oxygen atoms in total. The monoisotopic (exact) mass is 457 g/mol. The molecule has 3 aromatic rings. The van der Waals surface area contributed by atoms with Crippen LogP contribution in [0.4, 0.5) is 17.1 Å². The third-order valence-electron chi connectivity index (χ3n) is 4.44. The summed E-state index contributed by atoms with van der Waals surface area (Å²) in [7, 11) is 1.35. The number of nitrogens with one attached hydrogen (secondary N) is 1. The van der Waals surface area contributed by atoms with Crippen LogP contribution in [0.3, 0.4) is 0 Å². The van der Waals surface area contributed by atoms with Gasteiger partial charge in [0.1, 0.15) is 0 Å². The number of amides is 1. The van der Waals surface area contributed by atoms with Crippen molar-refractivity contribution in [1.82, 2.24) is 0 Å². The van der Waals surface area contributed by atoms with E-state index in [4.69, 9.17) is 21.1 Å². The second kappa shape index (κ2) is 9.31. The zero-order valence-electron chi connectivity index (χ0n) is 16.8. The fourth-order valence-electron chi connectivity index (χ4n) is 2.78. The van der Waals surface area contributed by atoms with Gasteiger partial charge in [-0.25, -0.2) is 0 Å². The number of ether oxygens (including phenoxy) is 2. The number of carbonyl (C=O) groups is 1. The minimum Gasteiger partial charge on any atom is -0.493 e. The van der Waals surface area contributed by atoms with Gasteiger partial charge < -0.3 is 14.8 Å². The first-order valence-electron chi connectivity index (χ1n) is 9.06. The van der Waals surface area contributed by atoms with Crippen molar-refractivity contribution in [2.24, 2.45) is 0 Å². The van der Waals surface area contributed by atoms with Gasteiger partial charge >= 0.3 is 5.69 Å². The van der Waals surface area contributed by atoms with Crippen LogP contribution < -0.4 is 14.8 Å². The molecule has 0 aliphatic rings. The van der Waals surface area contributed by atoms with Gasteiger partial charge in [0.25, 0.3) is 11.6 Å². The number of nitro benzene ring substituents is 2. The van der Waals surface area contributed by atoms with Crippen molar-refractivity contribution < 1.29 is 24.1 Å².